The number of likely N-dealkylation sites (tertiary alicyclic amines) is 1. The molecule has 1 atom stereocenters. The van der Waals surface area contributed by atoms with Crippen molar-refractivity contribution >= 4 is 23.6 Å². The minimum Gasteiger partial charge on any atom is -0.489 e. The summed E-state index contributed by atoms with van der Waals surface area (Å²) in [5.41, 5.74) is 0.0599. The number of nitrogens with one attached hydrogen (secondary N) is 1. The highest BCUT2D eigenvalue weighted by atomic mass is 16.5. The molecule has 0 spiro atoms. The number of aliphatic hydroxyl groups is 1. The lowest BCUT2D eigenvalue weighted by atomic mass is 9.93. The molecule has 0 saturated carbocycles. The number of carboxylic acid groups (broad SMARTS) is 1. The first-order chi connectivity index (χ1) is 12.7. The number of anilines is 1. The molecule has 146 valence electrons. The lowest BCUT2D eigenvalue weighted by Gasteiger charge is -2.35. The van der Waals surface area contributed by atoms with Gasteiger partial charge in [0.1, 0.15) is 18.4 Å². The second kappa shape index (κ2) is 7.07. The van der Waals surface area contributed by atoms with Crippen LogP contribution in [0.4, 0.5) is 10.5 Å². The van der Waals surface area contributed by atoms with E-state index in [1.54, 1.807) is 30.0 Å². The summed E-state index contributed by atoms with van der Waals surface area (Å²) in [7, 11) is 1.51. The molecule has 2 aliphatic heterocycles. The van der Waals surface area contributed by atoms with Gasteiger partial charge in [-0.05, 0) is 38.0 Å². The van der Waals surface area contributed by atoms with Crippen LogP contribution in [0.1, 0.15) is 30.1 Å². The zero-order chi connectivity index (χ0) is 19.8. The smallest absolute Gasteiger partial charge is 0.405 e. The van der Waals surface area contributed by atoms with Crippen LogP contribution >= 0.6 is 0 Å². The van der Waals surface area contributed by atoms with E-state index < -0.39 is 23.6 Å². The summed E-state index contributed by atoms with van der Waals surface area (Å²) < 4.78 is 5.56. The molecule has 3 amide bonds. The van der Waals surface area contributed by atoms with Gasteiger partial charge in [0.25, 0.3) is 11.8 Å². The third-order valence-electron chi connectivity index (χ3n) is 5.03. The number of ether oxygens (including phenoxy) is 1. The average Bonchev–Trinajstić information content (AvgIpc) is 2.73. The van der Waals surface area contributed by atoms with Crippen LogP contribution in [0.3, 0.4) is 0 Å². The maximum absolute atomic E-state index is 12.8. The molecule has 1 aromatic carbocycles. The molecule has 3 N–H and O–H groups in total. The van der Waals surface area contributed by atoms with Gasteiger partial charge >= 0.3 is 6.09 Å². The lowest BCUT2D eigenvalue weighted by molar-refractivity contribution is -0.120. The van der Waals surface area contributed by atoms with Crippen molar-refractivity contribution in [1.29, 1.82) is 0 Å². The van der Waals surface area contributed by atoms with Crippen molar-refractivity contribution in [2.24, 2.45) is 0 Å². The Morgan fingerprint density at radius 2 is 1.96 bits per heavy atom. The minimum atomic E-state index is -1.31. The highest BCUT2D eigenvalue weighted by Crippen LogP contribution is 2.32. The molecule has 0 aromatic heterocycles. The number of fused-ring (bicyclic) bond motifs is 1. The van der Waals surface area contributed by atoms with Gasteiger partial charge in [-0.1, -0.05) is 0 Å². The molecule has 9 nitrogen and oxygen atoms in total. The third kappa shape index (κ3) is 3.97. The molecule has 2 heterocycles. The zero-order valence-corrected chi connectivity index (χ0v) is 15.3. The summed E-state index contributed by atoms with van der Waals surface area (Å²) in [5, 5.41) is 21.0. The molecule has 1 aromatic rings. The summed E-state index contributed by atoms with van der Waals surface area (Å²) in [6, 6.07) is 3.78. The maximum Gasteiger partial charge on any atom is 0.405 e. The molecule has 1 fully saturated rings. The van der Waals surface area contributed by atoms with Gasteiger partial charge in [-0.25, -0.2) is 4.79 Å². The van der Waals surface area contributed by atoms with Crippen LogP contribution < -0.4 is 15.0 Å². The Morgan fingerprint density at radius 3 is 2.59 bits per heavy atom. The highest BCUT2D eigenvalue weighted by molar-refractivity contribution is 6.02. The summed E-state index contributed by atoms with van der Waals surface area (Å²) in [6.07, 6.45) is -0.297. The molecule has 9 heteroatoms. The molecule has 27 heavy (non-hydrogen) atoms. The van der Waals surface area contributed by atoms with Gasteiger partial charge in [-0.3, -0.25) is 9.59 Å². The fourth-order valence-corrected chi connectivity index (χ4v) is 3.26. The van der Waals surface area contributed by atoms with E-state index in [-0.39, 0.29) is 12.5 Å². The molecule has 0 radical (unpaired) electrons. The van der Waals surface area contributed by atoms with Crippen molar-refractivity contribution in [3.8, 4) is 5.75 Å². The first-order valence-electron chi connectivity index (χ1n) is 8.73. The Bertz CT molecular complexity index is 768. The number of hydrogen-bond acceptors (Lipinski definition) is 5. The minimum absolute atomic E-state index is 0.128. The van der Waals surface area contributed by atoms with E-state index >= 15 is 0 Å². The van der Waals surface area contributed by atoms with Gasteiger partial charge in [0.05, 0.1) is 11.3 Å². The quantitative estimate of drug-likeness (QED) is 0.697. The first kappa shape index (κ1) is 19.0. The second-order valence-corrected chi connectivity index (χ2v) is 7.18. The van der Waals surface area contributed by atoms with Crippen LogP contribution in [0, 0.1) is 0 Å². The third-order valence-corrected chi connectivity index (χ3v) is 5.03. The number of piperidine rings is 1. The fraction of sp³-hybridized carbons (Fsp3) is 0.500. The van der Waals surface area contributed by atoms with E-state index in [0.717, 1.165) is 0 Å². The SMILES string of the molecule is CN1C(=O)[C@@H](NC(=O)O)COc2ccc(C(=O)N3CCC(C)(O)CC3)cc21. The second-order valence-electron chi connectivity index (χ2n) is 7.18. The van der Waals surface area contributed by atoms with Crippen molar-refractivity contribution in [2.75, 3.05) is 31.6 Å². The van der Waals surface area contributed by atoms with Gasteiger partial charge in [0.15, 0.2) is 0 Å². The number of benzene rings is 1. The number of carbonyl (C=O) groups is 3. The van der Waals surface area contributed by atoms with Crippen molar-refractivity contribution in [3.05, 3.63) is 23.8 Å². The van der Waals surface area contributed by atoms with E-state index in [1.165, 1.54) is 11.9 Å². The van der Waals surface area contributed by atoms with Crippen LogP contribution in [0.2, 0.25) is 0 Å². The Kier molecular flexibility index (Phi) is 4.97. The predicted molar refractivity (Wildman–Crippen MR) is 96.1 cm³/mol. The predicted octanol–water partition coefficient (Wildman–Crippen LogP) is 0.665. The Hall–Kier alpha value is -2.81. The molecule has 0 unspecified atom stereocenters. The lowest BCUT2D eigenvalue weighted by Crippen LogP contribution is -2.49. The normalized spacial score (nSPS) is 21.7. The molecular weight excluding hydrogens is 354 g/mol. The van der Waals surface area contributed by atoms with Crippen molar-refractivity contribution in [1.82, 2.24) is 10.2 Å². The maximum atomic E-state index is 12.8. The Balaban J connectivity index is 1.81. The van der Waals surface area contributed by atoms with E-state index in [2.05, 4.69) is 5.32 Å². The van der Waals surface area contributed by atoms with Gasteiger partial charge in [-0.2, -0.15) is 0 Å². The summed E-state index contributed by atoms with van der Waals surface area (Å²) >= 11 is 0. The average molecular weight is 377 g/mol. The van der Waals surface area contributed by atoms with Crippen LogP contribution in [0.5, 0.6) is 5.75 Å². The summed E-state index contributed by atoms with van der Waals surface area (Å²) in [5.74, 6) is -0.243. The Morgan fingerprint density at radius 1 is 1.30 bits per heavy atom. The highest BCUT2D eigenvalue weighted by Gasteiger charge is 2.33. The largest absolute Gasteiger partial charge is 0.489 e. The number of amides is 3. The first-order valence-corrected chi connectivity index (χ1v) is 8.73. The van der Waals surface area contributed by atoms with Gasteiger partial charge in [0.2, 0.25) is 0 Å². The molecule has 0 aliphatic carbocycles. The van der Waals surface area contributed by atoms with E-state index in [1.807, 2.05) is 0 Å². The molecule has 3 rings (SSSR count). The topological polar surface area (TPSA) is 119 Å². The standard InChI is InChI=1S/C18H23N3O6/c1-18(26)5-7-21(8-6-18)15(22)11-3-4-14-13(9-11)20(2)16(23)12(10-27-14)19-17(24)25/h3-4,9,12,19,26H,5-8,10H2,1-2H3,(H,24,25)/t12-/m0/s1. The van der Waals surface area contributed by atoms with Gasteiger partial charge in [0, 0.05) is 25.7 Å². The molecule has 2 aliphatic rings. The van der Waals surface area contributed by atoms with Crippen LogP contribution in [-0.4, -0.2) is 71.4 Å². The van der Waals surface area contributed by atoms with Gasteiger partial charge in [-0.15, -0.1) is 0 Å². The van der Waals surface area contributed by atoms with Crippen LogP contribution in [-0.2, 0) is 4.79 Å². The van der Waals surface area contributed by atoms with Crippen LogP contribution in [0.15, 0.2) is 18.2 Å². The zero-order valence-electron chi connectivity index (χ0n) is 15.3. The number of hydrogen-bond donors (Lipinski definition) is 3. The van der Waals surface area contributed by atoms with Crippen LogP contribution in [0.25, 0.3) is 0 Å². The number of likely N-dealkylation sites (N-methyl/N-ethyl adjacent to an activating group) is 1. The summed E-state index contributed by atoms with van der Waals surface area (Å²) in [6.45, 7) is 2.55. The molecular formula is C18H23N3O6. The summed E-state index contributed by atoms with van der Waals surface area (Å²) in [4.78, 5) is 39.1. The van der Waals surface area contributed by atoms with Gasteiger partial charge < -0.3 is 30.1 Å². The Labute approximate surface area is 156 Å². The fourth-order valence-electron chi connectivity index (χ4n) is 3.26. The van der Waals surface area contributed by atoms with Crippen molar-refractivity contribution < 1.29 is 29.3 Å². The van der Waals surface area contributed by atoms with Crippen molar-refractivity contribution in [2.45, 2.75) is 31.4 Å². The molecule has 0 bridgehead atoms. The molecule has 1 saturated heterocycles. The number of nitrogens with zero attached hydrogens (tertiary/aromatic N) is 2. The van der Waals surface area contributed by atoms with Crippen molar-refractivity contribution in [3.63, 3.8) is 0 Å². The van der Waals surface area contributed by atoms with E-state index in [4.69, 9.17) is 9.84 Å². The monoisotopic (exact) mass is 377 g/mol. The number of rotatable bonds is 2. The van der Waals surface area contributed by atoms with E-state index in [9.17, 15) is 19.5 Å². The van der Waals surface area contributed by atoms with E-state index in [0.29, 0.717) is 42.9 Å². The number of carbonyl (C=O) groups excluding carboxylic acids is 2.